The summed E-state index contributed by atoms with van der Waals surface area (Å²) in [6.07, 6.45) is 4.23. The summed E-state index contributed by atoms with van der Waals surface area (Å²) < 4.78 is 29.4. The van der Waals surface area contributed by atoms with Gasteiger partial charge in [-0.25, -0.2) is 8.42 Å². The molecule has 0 bridgehead atoms. The molecule has 1 atom stereocenters. The minimum absolute atomic E-state index is 0.0414. The Morgan fingerprint density at radius 3 is 2.88 bits per heavy atom. The highest BCUT2D eigenvalue weighted by Crippen LogP contribution is 2.26. The topological polar surface area (TPSA) is 71.4 Å². The minimum atomic E-state index is -3.59. The number of benzene rings is 1. The zero-order chi connectivity index (χ0) is 18.0. The molecule has 7 heteroatoms. The van der Waals surface area contributed by atoms with Crippen LogP contribution in [-0.4, -0.2) is 42.8 Å². The number of piperidine rings is 1. The normalized spacial score (nSPS) is 19.2. The first-order valence-corrected chi connectivity index (χ1v) is 10.2. The van der Waals surface area contributed by atoms with E-state index in [1.54, 1.807) is 12.1 Å². The summed E-state index contributed by atoms with van der Waals surface area (Å²) in [4.78, 5) is 12.5. The molecular formula is C18H25N3O3S. The number of hydrogen-bond donors (Lipinski definition) is 1. The summed E-state index contributed by atoms with van der Waals surface area (Å²) in [6, 6.07) is 7.10. The second kappa shape index (κ2) is 7.17. The largest absolute Gasteiger partial charge is 0.356 e. The Balaban J connectivity index is 1.81. The lowest BCUT2D eigenvalue weighted by Crippen LogP contribution is -2.45. The monoisotopic (exact) mass is 363 g/mol. The first-order chi connectivity index (χ1) is 11.9. The molecule has 1 saturated heterocycles. The number of carbonyl (C=O) groups is 1. The van der Waals surface area contributed by atoms with Gasteiger partial charge in [-0.15, -0.1) is 0 Å². The molecule has 2 aromatic rings. The first kappa shape index (κ1) is 17.9. The van der Waals surface area contributed by atoms with Crippen molar-refractivity contribution >= 4 is 26.8 Å². The average Bonchev–Trinajstić information content (AvgIpc) is 3.00. The number of aromatic nitrogens is 1. The van der Waals surface area contributed by atoms with E-state index in [0.717, 1.165) is 23.7 Å². The van der Waals surface area contributed by atoms with Gasteiger partial charge in [-0.2, -0.15) is 4.31 Å². The van der Waals surface area contributed by atoms with Gasteiger partial charge < -0.3 is 9.88 Å². The van der Waals surface area contributed by atoms with Crippen LogP contribution in [-0.2, 0) is 21.9 Å². The fourth-order valence-electron chi connectivity index (χ4n) is 3.34. The van der Waals surface area contributed by atoms with Gasteiger partial charge in [-0.3, -0.25) is 4.79 Å². The SMILES string of the molecule is CCCNC(=O)C1CCCN(S(=O)(=O)c2ccc3c(ccn3C)c2)C1. The third-order valence-corrected chi connectivity index (χ3v) is 6.66. The van der Waals surface area contributed by atoms with Gasteiger partial charge in [0.05, 0.1) is 10.8 Å². The van der Waals surface area contributed by atoms with E-state index in [1.807, 2.05) is 36.9 Å². The zero-order valence-corrected chi connectivity index (χ0v) is 15.6. The van der Waals surface area contributed by atoms with Crippen molar-refractivity contribution in [1.82, 2.24) is 14.2 Å². The van der Waals surface area contributed by atoms with Crippen molar-refractivity contribution in [3.05, 3.63) is 30.5 Å². The van der Waals surface area contributed by atoms with E-state index in [-0.39, 0.29) is 18.4 Å². The molecule has 1 aromatic carbocycles. The quantitative estimate of drug-likeness (QED) is 0.884. The molecule has 0 radical (unpaired) electrons. The Hall–Kier alpha value is -1.86. The summed E-state index contributed by atoms with van der Waals surface area (Å²) >= 11 is 0. The van der Waals surface area contributed by atoms with Gasteiger partial charge in [0, 0.05) is 43.8 Å². The van der Waals surface area contributed by atoms with E-state index in [1.165, 1.54) is 4.31 Å². The molecule has 1 fully saturated rings. The Kier molecular flexibility index (Phi) is 5.15. The Morgan fingerprint density at radius 2 is 2.12 bits per heavy atom. The lowest BCUT2D eigenvalue weighted by molar-refractivity contribution is -0.126. The van der Waals surface area contributed by atoms with Crippen molar-refractivity contribution in [2.45, 2.75) is 31.1 Å². The highest BCUT2D eigenvalue weighted by Gasteiger charge is 2.33. The van der Waals surface area contributed by atoms with Crippen LogP contribution in [0.4, 0.5) is 0 Å². The molecule has 1 aromatic heterocycles. The highest BCUT2D eigenvalue weighted by molar-refractivity contribution is 7.89. The van der Waals surface area contributed by atoms with Gasteiger partial charge in [-0.1, -0.05) is 6.92 Å². The van der Waals surface area contributed by atoms with E-state index in [4.69, 9.17) is 0 Å². The van der Waals surface area contributed by atoms with Crippen LogP contribution in [0.3, 0.4) is 0 Å². The molecule has 1 aliphatic heterocycles. The van der Waals surface area contributed by atoms with Crippen molar-refractivity contribution in [2.75, 3.05) is 19.6 Å². The number of amides is 1. The zero-order valence-electron chi connectivity index (χ0n) is 14.7. The molecule has 1 aliphatic rings. The predicted molar refractivity (Wildman–Crippen MR) is 97.7 cm³/mol. The molecule has 2 heterocycles. The maximum atomic E-state index is 13.0. The van der Waals surface area contributed by atoms with Gasteiger partial charge in [0.15, 0.2) is 0 Å². The molecule has 1 N–H and O–H groups in total. The molecule has 6 nitrogen and oxygen atoms in total. The number of hydrogen-bond acceptors (Lipinski definition) is 3. The van der Waals surface area contributed by atoms with Crippen LogP contribution in [0.2, 0.25) is 0 Å². The molecule has 0 saturated carbocycles. The van der Waals surface area contributed by atoms with Gasteiger partial charge >= 0.3 is 0 Å². The van der Waals surface area contributed by atoms with Crippen LogP contribution in [0.15, 0.2) is 35.4 Å². The standard InChI is InChI=1S/C18H25N3O3S/c1-3-9-19-18(22)15-5-4-10-21(13-15)25(23,24)16-6-7-17-14(12-16)8-11-20(17)2/h6-8,11-12,15H,3-5,9-10,13H2,1-2H3,(H,19,22). The minimum Gasteiger partial charge on any atom is -0.356 e. The molecule has 136 valence electrons. The van der Waals surface area contributed by atoms with E-state index in [9.17, 15) is 13.2 Å². The summed E-state index contributed by atoms with van der Waals surface area (Å²) in [5.41, 5.74) is 0.995. The lowest BCUT2D eigenvalue weighted by Gasteiger charge is -2.31. The number of nitrogens with zero attached hydrogens (tertiary/aromatic N) is 2. The summed E-state index contributed by atoms with van der Waals surface area (Å²) in [6.45, 7) is 3.35. The summed E-state index contributed by atoms with van der Waals surface area (Å²) in [5, 5.41) is 3.78. The van der Waals surface area contributed by atoms with Crippen LogP contribution >= 0.6 is 0 Å². The second-order valence-corrected chi connectivity index (χ2v) is 8.58. The van der Waals surface area contributed by atoms with Gasteiger partial charge in [0.1, 0.15) is 0 Å². The van der Waals surface area contributed by atoms with Crippen molar-refractivity contribution in [3.8, 4) is 0 Å². The fourth-order valence-corrected chi connectivity index (χ4v) is 4.90. The molecule has 3 rings (SSSR count). The van der Waals surface area contributed by atoms with E-state index >= 15 is 0 Å². The van der Waals surface area contributed by atoms with Crippen molar-refractivity contribution in [2.24, 2.45) is 13.0 Å². The maximum absolute atomic E-state index is 13.0. The lowest BCUT2D eigenvalue weighted by atomic mass is 9.99. The summed E-state index contributed by atoms with van der Waals surface area (Å²) in [5.74, 6) is -0.309. The molecule has 0 spiro atoms. The Morgan fingerprint density at radius 1 is 1.32 bits per heavy atom. The Labute approximate surface area is 148 Å². The molecular weight excluding hydrogens is 338 g/mol. The van der Waals surface area contributed by atoms with Gasteiger partial charge in [-0.05, 0) is 43.5 Å². The van der Waals surface area contributed by atoms with Crippen LogP contribution in [0.1, 0.15) is 26.2 Å². The van der Waals surface area contributed by atoms with Crippen LogP contribution in [0.25, 0.3) is 10.9 Å². The third kappa shape index (κ3) is 3.57. The number of fused-ring (bicyclic) bond motifs is 1. The van der Waals surface area contributed by atoms with Crippen LogP contribution in [0, 0.1) is 5.92 Å². The predicted octanol–water partition coefficient (Wildman–Crippen LogP) is 2.11. The molecule has 1 amide bonds. The molecule has 0 aliphatic carbocycles. The number of carbonyl (C=O) groups excluding carboxylic acids is 1. The molecule has 25 heavy (non-hydrogen) atoms. The van der Waals surface area contributed by atoms with E-state index in [2.05, 4.69) is 5.32 Å². The fraction of sp³-hybridized carbons (Fsp3) is 0.500. The van der Waals surface area contributed by atoms with Crippen molar-refractivity contribution < 1.29 is 13.2 Å². The van der Waals surface area contributed by atoms with Crippen LogP contribution < -0.4 is 5.32 Å². The van der Waals surface area contributed by atoms with E-state index in [0.29, 0.717) is 24.4 Å². The van der Waals surface area contributed by atoms with Gasteiger partial charge in [0.25, 0.3) is 0 Å². The van der Waals surface area contributed by atoms with Crippen molar-refractivity contribution in [1.29, 1.82) is 0 Å². The Bertz CT molecular complexity index is 873. The van der Waals surface area contributed by atoms with E-state index < -0.39 is 10.0 Å². The van der Waals surface area contributed by atoms with Gasteiger partial charge in [0.2, 0.25) is 15.9 Å². The molecule has 1 unspecified atom stereocenters. The number of rotatable bonds is 5. The average molecular weight is 363 g/mol. The number of sulfonamides is 1. The third-order valence-electron chi connectivity index (χ3n) is 4.80. The first-order valence-electron chi connectivity index (χ1n) is 8.76. The van der Waals surface area contributed by atoms with Crippen LogP contribution in [0.5, 0.6) is 0 Å². The maximum Gasteiger partial charge on any atom is 0.243 e. The number of aryl methyl sites for hydroxylation is 1. The number of nitrogens with one attached hydrogen (secondary N) is 1. The second-order valence-electron chi connectivity index (χ2n) is 6.64. The highest BCUT2D eigenvalue weighted by atomic mass is 32.2. The smallest absolute Gasteiger partial charge is 0.243 e. The van der Waals surface area contributed by atoms with Crippen molar-refractivity contribution in [3.63, 3.8) is 0 Å². The summed E-state index contributed by atoms with van der Waals surface area (Å²) in [7, 11) is -1.66.